The molecular formula is C14H25NO3S. The highest BCUT2D eigenvalue weighted by molar-refractivity contribution is 7.99. The van der Waals surface area contributed by atoms with Gasteiger partial charge >= 0.3 is 5.97 Å². The fourth-order valence-corrected chi connectivity index (χ4v) is 3.12. The average Bonchev–Trinajstić information content (AvgIpc) is 2.44. The van der Waals surface area contributed by atoms with Crippen molar-refractivity contribution in [1.82, 2.24) is 4.90 Å². The number of amides is 1. The van der Waals surface area contributed by atoms with Gasteiger partial charge in [-0.25, -0.2) is 0 Å². The van der Waals surface area contributed by atoms with Crippen molar-refractivity contribution in [2.24, 2.45) is 5.92 Å². The molecule has 0 bridgehead atoms. The molecule has 0 aromatic carbocycles. The minimum absolute atomic E-state index is 0.0169. The van der Waals surface area contributed by atoms with Crippen LogP contribution in [0, 0.1) is 5.92 Å². The zero-order valence-corrected chi connectivity index (χ0v) is 12.8. The first-order chi connectivity index (χ1) is 9.19. The van der Waals surface area contributed by atoms with Gasteiger partial charge in [0.25, 0.3) is 0 Å². The molecule has 0 aliphatic carbocycles. The number of likely N-dealkylation sites (tertiary alicyclic amines) is 1. The van der Waals surface area contributed by atoms with Gasteiger partial charge in [-0.1, -0.05) is 13.3 Å². The molecule has 0 aromatic rings. The van der Waals surface area contributed by atoms with E-state index in [1.165, 1.54) is 12.8 Å². The molecule has 0 saturated carbocycles. The number of carbonyl (C=O) groups excluding carboxylic acids is 2. The van der Waals surface area contributed by atoms with Crippen molar-refractivity contribution in [3.63, 3.8) is 0 Å². The van der Waals surface area contributed by atoms with Crippen LogP contribution in [-0.2, 0) is 14.3 Å². The van der Waals surface area contributed by atoms with Crippen molar-refractivity contribution in [3.05, 3.63) is 0 Å². The lowest BCUT2D eigenvalue weighted by Gasteiger charge is -2.30. The van der Waals surface area contributed by atoms with Crippen molar-refractivity contribution in [2.75, 3.05) is 31.2 Å². The van der Waals surface area contributed by atoms with Crippen LogP contribution in [0.25, 0.3) is 0 Å². The van der Waals surface area contributed by atoms with Crippen molar-refractivity contribution in [3.8, 4) is 0 Å². The highest BCUT2D eigenvalue weighted by Gasteiger charge is 2.27. The van der Waals surface area contributed by atoms with Gasteiger partial charge in [-0.15, -0.1) is 0 Å². The summed E-state index contributed by atoms with van der Waals surface area (Å²) < 4.78 is 5.02. The predicted molar refractivity (Wildman–Crippen MR) is 78.2 cm³/mol. The largest absolute Gasteiger partial charge is 0.466 e. The second-order valence-electron chi connectivity index (χ2n) is 4.81. The Hall–Kier alpha value is -0.710. The molecule has 0 N–H and O–H groups in total. The first-order valence-corrected chi connectivity index (χ1v) is 8.36. The zero-order chi connectivity index (χ0) is 14.1. The summed E-state index contributed by atoms with van der Waals surface area (Å²) in [4.78, 5) is 25.4. The minimum Gasteiger partial charge on any atom is -0.466 e. The van der Waals surface area contributed by atoms with E-state index in [2.05, 4.69) is 6.92 Å². The van der Waals surface area contributed by atoms with Gasteiger partial charge in [-0.2, -0.15) is 11.8 Å². The maximum atomic E-state index is 12.0. The van der Waals surface area contributed by atoms with E-state index in [0.29, 0.717) is 25.4 Å². The summed E-state index contributed by atoms with van der Waals surface area (Å²) in [7, 11) is 0. The molecule has 1 amide bonds. The van der Waals surface area contributed by atoms with Crippen molar-refractivity contribution in [1.29, 1.82) is 0 Å². The number of ether oxygens (including phenoxy) is 1. The van der Waals surface area contributed by atoms with Crippen molar-refractivity contribution in [2.45, 2.75) is 39.5 Å². The SMILES string of the molecule is CCCCSCC(=O)N1CCC(C(=O)OCC)CC1. The predicted octanol–water partition coefficient (Wildman–Crippen LogP) is 2.32. The monoisotopic (exact) mass is 287 g/mol. The third-order valence-corrected chi connectivity index (χ3v) is 4.36. The molecule has 4 nitrogen and oxygen atoms in total. The summed E-state index contributed by atoms with van der Waals surface area (Å²) in [5.41, 5.74) is 0. The number of piperidine rings is 1. The summed E-state index contributed by atoms with van der Waals surface area (Å²) in [6, 6.07) is 0. The topological polar surface area (TPSA) is 46.6 Å². The van der Waals surface area contributed by atoms with Crippen LogP contribution in [0.1, 0.15) is 39.5 Å². The lowest BCUT2D eigenvalue weighted by molar-refractivity contribution is -0.151. The zero-order valence-electron chi connectivity index (χ0n) is 12.0. The molecule has 0 radical (unpaired) electrons. The molecule has 0 aromatic heterocycles. The molecule has 5 heteroatoms. The molecule has 1 aliphatic heterocycles. The average molecular weight is 287 g/mol. The Balaban J connectivity index is 2.21. The van der Waals surface area contributed by atoms with E-state index in [1.54, 1.807) is 11.8 Å². The summed E-state index contributed by atoms with van der Waals surface area (Å²) >= 11 is 1.71. The lowest BCUT2D eigenvalue weighted by atomic mass is 9.97. The number of carbonyl (C=O) groups is 2. The van der Waals surface area contributed by atoms with Crippen LogP contribution in [-0.4, -0.2) is 48.0 Å². The molecule has 1 rings (SSSR count). The first-order valence-electron chi connectivity index (χ1n) is 7.21. The maximum Gasteiger partial charge on any atom is 0.309 e. The maximum absolute atomic E-state index is 12.0. The highest BCUT2D eigenvalue weighted by atomic mass is 32.2. The van der Waals surface area contributed by atoms with Gasteiger partial charge in [0.1, 0.15) is 0 Å². The Morgan fingerprint density at radius 2 is 1.95 bits per heavy atom. The van der Waals surface area contributed by atoms with Crippen LogP contribution in [0.15, 0.2) is 0 Å². The molecule has 0 spiro atoms. The number of hydrogen-bond donors (Lipinski definition) is 0. The van der Waals surface area contributed by atoms with E-state index >= 15 is 0 Å². The highest BCUT2D eigenvalue weighted by Crippen LogP contribution is 2.19. The van der Waals surface area contributed by atoms with Crippen LogP contribution in [0.4, 0.5) is 0 Å². The van der Waals surface area contributed by atoms with Gasteiger partial charge in [0.15, 0.2) is 0 Å². The number of hydrogen-bond acceptors (Lipinski definition) is 4. The normalized spacial score (nSPS) is 16.4. The van der Waals surface area contributed by atoms with E-state index < -0.39 is 0 Å². The molecule has 1 aliphatic rings. The van der Waals surface area contributed by atoms with Gasteiger partial charge in [-0.05, 0) is 31.9 Å². The van der Waals surface area contributed by atoms with Gasteiger partial charge in [-0.3, -0.25) is 9.59 Å². The Labute approximate surface area is 120 Å². The smallest absolute Gasteiger partial charge is 0.309 e. The van der Waals surface area contributed by atoms with E-state index in [4.69, 9.17) is 4.74 Å². The number of thioether (sulfide) groups is 1. The lowest BCUT2D eigenvalue weighted by Crippen LogP contribution is -2.41. The number of esters is 1. The van der Waals surface area contributed by atoms with Crippen LogP contribution >= 0.6 is 11.8 Å². The quantitative estimate of drug-likeness (QED) is 0.532. The molecule has 1 saturated heterocycles. The summed E-state index contributed by atoms with van der Waals surface area (Å²) in [5.74, 6) is 1.72. The third kappa shape index (κ3) is 5.85. The Morgan fingerprint density at radius 1 is 1.26 bits per heavy atom. The van der Waals surface area contributed by atoms with Crippen molar-refractivity contribution >= 4 is 23.6 Å². The Morgan fingerprint density at radius 3 is 2.53 bits per heavy atom. The van der Waals surface area contributed by atoms with Gasteiger partial charge in [0, 0.05) is 13.1 Å². The first kappa shape index (κ1) is 16.3. The van der Waals surface area contributed by atoms with Crippen LogP contribution in [0.5, 0.6) is 0 Å². The molecule has 1 heterocycles. The molecule has 0 unspecified atom stereocenters. The molecular weight excluding hydrogens is 262 g/mol. The van der Waals surface area contributed by atoms with Gasteiger partial charge in [0.2, 0.25) is 5.91 Å². The minimum atomic E-state index is -0.105. The summed E-state index contributed by atoms with van der Waals surface area (Å²) in [5, 5.41) is 0. The molecule has 19 heavy (non-hydrogen) atoms. The van der Waals surface area contributed by atoms with Crippen LogP contribution < -0.4 is 0 Å². The fourth-order valence-electron chi connectivity index (χ4n) is 2.12. The summed E-state index contributed by atoms with van der Waals surface area (Å²) in [6.07, 6.45) is 3.82. The second-order valence-corrected chi connectivity index (χ2v) is 5.92. The van der Waals surface area contributed by atoms with E-state index in [0.717, 1.165) is 18.6 Å². The van der Waals surface area contributed by atoms with Crippen molar-refractivity contribution < 1.29 is 14.3 Å². The summed E-state index contributed by atoms with van der Waals surface area (Å²) in [6.45, 7) is 5.80. The Bertz CT molecular complexity index is 288. The van der Waals surface area contributed by atoms with Gasteiger partial charge in [0.05, 0.1) is 18.3 Å². The fraction of sp³-hybridized carbons (Fsp3) is 0.857. The van der Waals surface area contributed by atoms with Gasteiger partial charge < -0.3 is 9.64 Å². The third-order valence-electron chi connectivity index (χ3n) is 3.34. The van der Waals surface area contributed by atoms with Crippen LogP contribution in [0.2, 0.25) is 0 Å². The van der Waals surface area contributed by atoms with E-state index in [9.17, 15) is 9.59 Å². The second kappa shape index (κ2) is 9.23. The molecule has 1 fully saturated rings. The standard InChI is InChI=1S/C14H25NO3S/c1-3-5-10-19-11-13(16)15-8-6-12(7-9-15)14(17)18-4-2/h12H,3-11H2,1-2H3. The van der Waals surface area contributed by atoms with E-state index in [-0.39, 0.29) is 17.8 Å². The van der Waals surface area contributed by atoms with Crippen LogP contribution in [0.3, 0.4) is 0 Å². The number of unbranched alkanes of at least 4 members (excludes halogenated alkanes) is 1. The molecule has 110 valence electrons. The number of nitrogens with zero attached hydrogens (tertiary/aromatic N) is 1. The number of rotatable bonds is 7. The molecule has 0 atom stereocenters. The van der Waals surface area contributed by atoms with E-state index in [1.807, 2.05) is 11.8 Å². The Kier molecular flexibility index (Phi) is 7.94.